The third-order valence-electron chi connectivity index (χ3n) is 5.31. The fourth-order valence-corrected chi connectivity index (χ4v) is 4.72. The van der Waals surface area contributed by atoms with Gasteiger partial charge in [0.1, 0.15) is 10.6 Å². The van der Waals surface area contributed by atoms with E-state index < -0.39 is 5.97 Å². The van der Waals surface area contributed by atoms with E-state index in [2.05, 4.69) is 5.32 Å². The highest BCUT2D eigenvalue weighted by atomic mass is 32.1. The molecule has 4 nitrogen and oxygen atoms in total. The number of thiophene rings is 1. The summed E-state index contributed by atoms with van der Waals surface area (Å²) < 4.78 is 5.02. The lowest BCUT2D eigenvalue weighted by molar-refractivity contribution is -0.116. The third kappa shape index (κ3) is 4.79. The van der Waals surface area contributed by atoms with E-state index in [0.717, 1.165) is 22.3 Å². The van der Waals surface area contributed by atoms with Crippen molar-refractivity contribution in [1.29, 1.82) is 0 Å². The first-order valence-electron chi connectivity index (χ1n) is 10.3. The highest BCUT2D eigenvalue weighted by Crippen LogP contribution is 2.37. The number of hydrogen-bond acceptors (Lipinski definition) is 4. The molecule has 0 bridgehead atoms. The molecule has 1 N–H and O–H groups in total. The van der Waals surface area contributed by atoms with Gasteiger partial charge >= 0.3 is 5.97 Å². The first-order valence-corrected chi connectivity index (χ1v) is 11.2. The van der Waals surface area contributed by atoms with Crippen molar-refractivity contribution in [3.8, 4) is 11.1 Å². The number of ether oxygens (including phenoxy) is 1. The van der Waals surface area contributed by atoms with Crippen LogP contribution in [0.2, 0.25) is 0 Å². The molecule has 0 unspecified atom stereocenters. The van der Waals surface area contributed by atoms with Gasteiger partial charge < -0.3 is 10.1 Å². The smallest absolute Gasteiger partial charge is 0.341 e. The van der Waals surface area contributed by atoms with Crippen LogP contribution in [0.15, 0.2) is 96.4 Å². The van der Waals surface area contributed by atoms with Gasteiger partial charge in [0.05, 0.1) is 7.11 Å². The summed E-state index contributed by atoms with van der Waals surface area (Å²) in [6.07, 6.45) is 0.257. The highest BCUT2D eigenvalue weighted by molar-refractivity contribution is 7.15. The first-order chi connectivity index (χ1) is 15.7. The molecular formula is C27H23NO3S. The molecule has 4 aromatic rings. The van der Waals surface area contributed by atoms with Crippen molar-refractivity contribution < 1.29 is 14.3 Å². The number of anilines is 1. The Balaban J connectivity index is 1.62. The van der Waals surface area contributed by atoms with E-state index in [9.17, 15) is 9.59 Å². The van der Waals surface area contributed by atoms with Crippen molar-refractivity contribution in [2.24, 2.45) is 0 Å². The number of carbonyl (C=O) groups excluding carboxylic acids is 2. The van der Waals surface area contributed by atoms with Gasteiger partial charge in [-0.1, -0.05) is 91.0 Å². The number of methoxy groups -OCH3 is 1. The quantitative estimate of drug-likeness (QED) is 0.339. The van der Waals surface area contributed by atoms with Crippen molar-refractivity contribution >= 4 is 28.2 Å². The second kappa shape index (κ2) is 10.1. The average Bonchev–Trinajstić information content (AvgIpc) is 3.27. The van der Waals surface area contributed by atoms with Crippen molar-refractivity contribution in [3.63, 3.8) is 0 Å². The Hall–Kier alpha value is -3.70. The zero-order valence-electron chi connectivity index (χ0n) is 17.7. The Labute approximate surface area is 191 Å². The number of hydrogen-bond donors (Lipinski definition) is 1. The lowest BCUT2D eigenvalue weighted by Gasteiger charge is -2.18. The minimum atomic E-state index is -0.469. The Morgan fingerprint density at radius 1 is 0.844 bits per heavy atom. The molecule has 0 spiro atoms. The number of esters is 1. The monoisotopic (exact) mass is 441 g/mol. The summed E-state index contributed by atoms with van der Waals surface area (Å²) in [6, 6.07) is 29.6. The molecule has 0 aliphatic rings. The molecule has 0 saturated carbocycles. The van der Waals surface area contributed by atoms with Crippen LogP contribution in [0.4, 0.5) is 5.00 Å². The van der Waals surface area contributed by atoms with Crippen molar-refractivity contribution in [2.45, 2.75) is 12.3 Å². The lowest BCUT2D eigenvalue weighted by Crippen LogP contribution is -2.17. The molecule has 0 atom stereocenters. The van der Waals surface area contributed by atoms with Crippen LogP contribution in [0.5, 0.6) is 0 Å². The van der Waals surface area contributed by atoms with Crippen LogP contribution < -0.4 is 5.32 Å². The van der Waals surface area contributed by atoms with Gasteiger partial charge in [0.2, 0.25) is 5.91 Å². The van der Waals surface area contributed by atoms with Gasteiger partial charge in [0.25, 0.3) is 0 Å². The number of carbonyl (C=O) groups is 2. The van der Waals surface area contributed by atoms with E-state index in [1.54, 1.807) is 0 Å². The summed E-state index contributed by atoms with van der Waals surface area (Å²) in [5.74, 6) is -0.718. The van der Waals surface area contributed by atoms with Gasteiger partial charge in [0.15, 0.2) is 0 Å². The first kappa shape index (κ1) is 21.5. The molecular weight excluding hydrogens is 418 g/mol. The molecule has 1 heterocycles. The fourth-order valence-electron chi connectivity index (χ4n) is 3.75. The number of rotatable bonds is 7. The molecule has 0 radical (unpaired) electrons. The maximum absolute atomic E-state index is 13.1. The minimum Gasteiger partial charge on any atom is -0.465 e. The van der Waals surface area contributed by atoms with Crippen LogP contribution in [0.3, 0.4) is 0 Å². The van der Waals surface area contributed by atoms with Gasteiger partial charge in [0, 0.05) is 23.3 Å². The molecule has 3 aromatic carbocycles. The van der Waals surface area contributed by atoms with E-state index in [1.165, 1.54) is 18.4 Å². The molecule has 0 fully saturated rings. The summed E-state index contributed by atoms with van der Waals surface area (Å²) >= 11 is 1.33. The molecule has 0 aliphatic carbocycles. The largest absolute Gasteiger partial charge is 0.465 e. The topological polar surface area (TPSA) is 55.4 Å². The van der Waals surface area contributed by atoms with Gasteiger partial charge in [-0.3, -0.25) is 4.79 Å². The highest BCUT2D eigenvalue weighted by Gasteiger charge is 2.24. The summed E-state index contributed by atoms with van der Waals surface area (Å²) in [5, 5.41) is 5.34. The second-order valence-corrected chi connectivity index (χ2v) is 8.22. The van der Waals surface area contributed by atoms with Crippen LogP contribution in [0, 0.1) is 0 Å². The Bertz CT molecular complexity index is 1150. The van der Waals surface area contributed by atoms with Gasteiger partial charge in [-0.15, -0.1) is 11.3 Å². The molecule has 1 aromatic heterocycles. The van der Waals surface area contributed by atoms with E-state index in [-0.39, 0.29) is 18.2 Å². The van der Waals surface area contributed by atoms with Gasteiger partial charge in [-0.05, 0) is 16.7 Å². The Kier molecular flexibility index (Phi) is 6.78. The summed E-state index contributed by atoms with van der Waals surface area (Å²) in [7, 11) is 1.35. The number of nitrogens with one attached hydrogen (secondary N) is 1. The van der Waals surface area contributed by atoms with Crippen LogP contribution in [-0.4, -0.2) is 19.0 Å². The molecule has 0 aliphatic heterocycles. The molecule has 1 amide bonds. The SMILES string of the molecule is COC(=O)c1c(-c2ccccc2)csc1NC(=O)CC(c1ccccc1)c1ccccc1. The van der Waals surface area contributed by atoms with Crippen molar-refractivity contribution in [2.75, 3.05) is 12.4 Å². The predicted molar refractivity (Wildman–Crippen MR) is 129 cm³/mol. The predicted octanol–water partition coefficient (Wildman–Crippen LogP) is 6.36. The molecule has 4 rings (SSSR count). The van der Waals surface area contributed by atoms with E-state index in [4.69, 9.17) is 4.74 Å². The van der Waals surface area contributed by atoms with Crippen LogP contribution >= 0.6 is 11.3 Å². The zero-order chi connectivity index (χ0) is 22.3. The van der Waals surface area contributed by atoms with E-state index in [1.807, 2.05) is 96.4 Å². The Morgan fingerprint density at radius 3 is 1.91 bits per heavy atom. The Morgan fingerprint density at radius 2 is 1.38 bits per heavy atom. The number of benzene rings is 3. The summed E-state index contributed by atoms with van der Waals surface area (Å²) in [6.45, 7) is 0. The summed E-state index contributed by atoms with van der Waals surface area (Å²) in [4.78, 5) is 25.7. The number of amides is 1. The third-order valence-corrected chi connectivity index (χ3v) is 6.21. The van der Waals surface area contributed by atoms with Gasteiger partial charge in [-0.25, -0.2) is 4.79 Å². The average molecular weight is 442 g/mol. The molecule has 5 heteroatoms. The minimum absolute atomic E-state index is 0.0902. The summed E-state index contributed by atoms with van der Waals surface area (Å²) in [5.41, 5.74) is 4.17. The standard InChI is InChI=1S/C27H23NO3S/c1-31-27(30)25-23(21-15-9-4-10-16-21)18-32-26(25)28-24(29)17-22(19-11-5-2-6-12-19)20-13-7-3-8-14-20/h2-16,18,22H,17H2,1H3,(H,28,29). The maximum Gasteiger partial charge on any atom is 0.341 e. The fraction of sp³-hybridized carbons (Fsp3) is 0.111. The van der Waals surface area contributed by atoms with Crippen molar-refractivity contribution in [1.82, 2.24) is 0 Å². The zero-order valence-corrected chi connectivity index (χ0v) is 18.5. The molecule has 32 heavy (non-hydrogen) atoms. The van der Waals surface area contributed by atoms with E-state index in [0.29, 0.717) is 10.6 Å². The lowest BCUT2D eigenvalue weighted by atomic mass is 9.88. The van der Waals surface area contributed by atoms with Gasteiger partial charge in [-0.2, -0.15) is 0 Å². The second-order valence-electron chi connectivity index (χ2n) is 7.34. The normalized spacial score (nSPS) is 10.7. The molecule has 160 valence electrons. The molecule has 0 saturated heterocycles. The van der Waals surface area contributed by atoms with Crippen molar-refractivity contribution in [3.05, 3.63) is 113 Å². The van der Waals surface area contributed by atoms with Crippen LogP contribution in [0.25, 0.3) is 11.1 Å². The van der Waals surface area contributed by atoms with E-state index >= 15 is 0 Å². The van der Waals surface area contributed by atoms with Crippen LogP contribution in [-0.2, 0) is 9.53 Å². The van der Waals surface area contributed by atoms with Crippen LogP contribution in [0.1, 0.15) is 33.8 Å². The maximum atomic E-state index is 13.1.